The van der Waals surface area contributed by atoms with E-state index in [9.17, 15) is 14.4 Å². The number of rotatable bonds is 4. The molecule has 10 heteroatoms. The highest BCUT2D eigenvalue weighted by Gasteiger charge is 2.49. The number of nitrogens with zero attached hydrogens (tertiary/aromatic N) is 3. The Morgan fingerprint density at radius 1 is 1.33 bits per heavy atom. The quantitative estimate of drug-likeness (QED) is 0.746. The molecule has 30 heavy (non-hydrogen) atoms. The second-order valence-electron chi connectivity index (χ2n) is 7.70. The summed E-state index contributed by atoms with van der Waals surface area (Å²) < 4.78 is 0.486. The topological polar surface area (TPSA) is 103 Å². The number of aromatic nitrogens is 1. The number of likely N-dealkylation sites (tertiary alicyclic amines) is 1. The standard InChI is InChI=1S/C20H21ClN4O4S/c1-12(26)24-7-6-20(10-24)11-25(19(29)23-18-22-9-16(21)30-18)15-4-2-13(8-14(15)20)3-5-17(27)28/h2,4,8-9H,3,5-7,10-11H2,1H3,(H,27,28)(H,22,23,29). The smallest absolute Gasteiger partial charge is 0.328 e. The molecule has 4 rings (SSSR count). The van der Waals surface area contributed by atoms with E-state index in [-0.39, 0.29) is 23.8 Å². The Morgan fingerprint density at radius 3 is 2.77 bits per heavy atom. The van der Waals surface area contributed by atoms with Crippen LogP contribution < -0.4 is 10.2 Å². The number of nitrogens with one attached hydrogen (secondary N) is 1. The molecular formula is C20H21ClN4O4S. The maximum Gasteiger partial charge on any atom is 0.328 e. The van der Waals surface area contributed by atoms with Crippen molar-refractivity contribution in [1.82, 2.24) is 9.88 Å². The molecule has 2 aromatic rings. The summed E-state index contributed by atoms with van der Waals surface area (Å²) >= 11 is 7.09. The molecule has 3 heterocycles. The molecule has 3 amide bonds. The average Bonchev–Trinajstić information content (AvgIpc) is 3.39. The van der Waals surface area contributed by atoms with Gasteiger partial charge in [-0.3, -0.25) is 19.8 Å². The number of aliphatic carboxylic acids is 1. The lowest BCUT2D eigenvalue weighted by Crippen LogP contribution is -2.41. The van der Waals surface area contributed by atoms with E-state index >= 15 is 0 Å². The van der Waals surface area contributed by atoms with Gasteiger partial charge in [-0.25, -0.2) is 9.78 Å². The molecule has 2 aliphatic heterocycles. The summed E-state index contributed by atoms with van der Waals surface area (Å²) in [5, 5.41) is 12.2. The van der Waals surface area contributed by atoms with Gasteiger partial charge in [-0.15, -0.1) is 0 Å². The average molecular weight is 449 g/mol. The van der Waals surface area contributed by atoms with Gasteiger partial charge in [-0.05, 0) is 30.0 Å². The summed E-state index contributed by atoms with van der Waals surface area (Å²) in [4.78, 5) is 43.5. The molecule has 0 radical (unpaired) electrons. The molecule has 0 saturated carbocycles. The van der Waals surface area contributed by atoms with Gasteiger partial charge in [0.05, 0.1) is 6.20 Å². The van der Waals surface area contributed by atoms with E-state index in [2.05, 4.69) is 10.3 Å². The normalized spacial score (nSPS) is 19.9. The Bertz CT molecular complexity index is 1030. The predicted molar refractivity (Wildman–Crippen MR) is 114 cm³/mol. The van der Waals surface area contributed by atoms with Crippen LogP contribution in [0.15, 0.2) is 24.4 Å². The van der Waals surface area contributed by atoms with Crippen molar-refractivity contribution >= 4 is 51.7 Å². The van der Waals surface area contributed by atoms with Crippen LogP contribution in [0, 0.1) is 0 Å². The van der Waals surface area contributed by atoms with Gasteiger partial charge in [0.2, 0.25) is 5.91 Å². The molecule has 1 saturated heterocycles. The fraction of sp³-hybridized carbons (Fsp3) is 0.400. The molecule has 1 aromatic heterocycles. The van der Waals surface area contributed by atoms with Crippen LogP contribution in [0.2, 0.25) is 4.34 Å². The molecule has 0 aliphatic carbocycles. The third kappa shape index (κ3) is 3.87. The van der Waals surface area contributed by atoms with E-state index in [1.54, 1.807) is 16.7 Å². The Morgan fingerprint density at radius 2 is 2.13 bits per heavy atom. The van der Waals surface area contributed by atoms with Gasteiger partial charge in [-0.1, -0.05) is 35.1 Å². The predicted octanol–water partition coefficient (Wildman–Crippen LogP) is 3.36. The highest BCUT2D eigenvalue weighted by Crippen LogP contribution is 2.47. The van der Waals surface area contributed by atoms with E-state index in [4.69, 9.17) is 16.7 Å². The Hall–Kier alpha value is -2.65. The molecule has 1 aromatic carbocycles. The van der Waals surface area contributed by atoms with Crippen LogP contribution in [0.4, 0.5) is 15.6 Å². The first kappa shape index (κ1) is 20.6. The molecule has 0 bridgehead atoms. The largest absolute Gasteiger partial charge is 0.481 e. The Balaban J connectivity index is 1.65. The van der Waals surface area contributed by atoms with Gasteiger partial charge in [0.1, 0.15) is 4.34 Å². The van der Waals surface area contributed by atoms with Crippen molar-refractivity contribution in [3.8, 4) is 0 Å². The Kier molecular flexibility index (Phi) is 5.42. The minimum atomic E-state index is -0.850. The van der Waals surface area contributed by atoms with Crippen LogP contribution in [-0.4, -0.2) is 52.5 Å². The zero-order chi connectivity index (χ0) is 21.5. The lowest BCUT2D eigenvalue weighted by atomic mass is 9.81. The lowest BCUT2D eigenvalue weighted by Gasteiger charge is -2.25. The maximum atomic E-state index is 13.0. The van der Waals surface area contributed by atoms with Crippen LogP contribution >= 0.6 is 22.9 Å². The fourth-order valence-corrected chi connectivity index (χ4v) is 5.07. The first-order valence-corrected chi connectivity index (χ1v) is 10.8. The number of hydrogen-bond acceptors (Lipinski definition) is 5. The highest BCUT2D eigenvalue weighted by atomic mass is 35.5. The second-order valence-corrected chi connectivity index (χ2v) is 9.36. The zero-order valence-corrected chi connectivity index (χ0v) is 17.9. The number of aryl methyl sites for hydroxylation is 1. The number of carboxylic acids is 1. The molecule has 158 valence electrons. The molecule has 1 fully saturated rings. The zero-order valence-electron chi connectivity index (χ0n) is 16.4. The van der Waals surface area contributed by atoms with Crippen molar-refractivity contribution < 1.29 is 19.5 Å². The lowest BCUT2D eigenvalue weighted by molar-refractivity contribution is -0.137. The molecule has 2 aliphatic rings. The molecule has 1 spiro atoms. The summed E-state index contributed by atoms with van der Waals surface area (Å²) in [6, 6.07) is 5.42. The first-order chi connectivity index (χ1) is 14.3. The van der Waals surface area contributed by atoms with Gasteiger partial charge in [0.25, 0.3) is 0 Å². The summed E-state index contributed by atoms with van der Waals surface area (Å²) in [5.74, 6) is -0.840. The number of hydrogen-bond donors (Lipinski definition) is 2. The van der Waals surface area contributed by atoms with Crippen molar-refractivity contribution in [3.05, 3.63) is 39.9 Å². The van der Waals surface area contributed by atoms with Gasteiger partial charge in [0.15, 0.2) is 5.13 Å². The number of carboxylic acid groups (broad SMARTS) is 1. The van der Waals surface area contributed by atoms with Gasteiger partial charge in [-0.2, -0.15) is 0 Å². The van der Waals surface area contributed by atoms with Crippen LogP contribution in [0.25, 0.3) is 0 Å². The number of benzene rings is 1. The van der Waals surface area contributed by atoms with Crippen LogP contribution in [0.3, 0.4) is 0 Å². The molecule has 8 nitrogen and oxygen atoms in total. The van der Waals surface area contributed by atoms with Crippen LogP contribution in [-0.2, 0) is 21.4 Å². The van der Waals surface area contributed by atoms with Crippen LogP contribution in [0.1, 0.15) is 30.9 Å². The third-order valence-electron chi connectivity index (χ3n) is 5.75. The van der Waals surface area contributed by atoms with Crippen molar-refractivity contribution in [1.29, 1.82) is 0 Å². The molecule has 1 atom stereocenters. The number of fused-ring (bicyclic) bond motifs is 2. The number of carbonyl (C=O) groups is 3. The maximum absolute atomic E-state index is 13.0. The second kappa shape index (κ2) is 7.88. The molecule has 1 unspecified atom stereocenters. The molecular weight excluding hydrogens is 428 g/mol. The number of thiazole rings is 1. The van der Waals surface area contributed by atoms with E-state index in [0.29, 0.717) is 35.5 Å². The van der Waals surface area contributed by atoms with Gasteiger partial charge in [0, 0.05) is 44.1 Å². The monoisotopic (exact) mass is 448 g/mol. The number of amides is 3. The summed E-state index contributed by atoms with van der Waals surface area (Å²) in [6.07, 6.45) is 2.69. The van der Waals surface area contributed by atoms with E-state index in [1.165, 1.54) is 17.5 Å². The Labute approximate surface area is 182 Å². The third-order valence-corrected chi connectivity index (χ3v) is 6.78. The summed E-state index contributed by atoms with van der Waals surface area (Å²) in [5.41, 5.74) is 2.31. The minimum absolute atomic E-state index is 0.00999. The van der Waals surface area contributed by atoms with Crippen LogP contribution in [0.5, 0.6) is 0 Å². The summed E-state index contributed by atoms with van der Waals surface area (Å²) in [7, 11) is 0. The number of anilines is 2. The summed E-state index contributed by atoms with van der Waals surface area (Å²) in [6.45, 7) is 3.16. The van der Waals surface area contributed by atoms with E-state index in [0.717, 1.165) is 23.2 Å². The SMILES string of the molecule is CC(=O)N1CCC2(C1)CN(C(=O)Nc1ncc(Cl)s1)c1ccc(CCC(=O)O)cc12. The fourth-order valence-electron chi connectivity index (χ4n) is 4.27. The van der Waals surface area contributed by atoms with Crippen molar-refractivity contribution in [2.45, 2.75) is 31.6 Å². The minimum Gasteiger partial charge on any atom is -0.481 e. The number of urea groups is 1. The van der Waals surface area contributed by atoms with E-state index < -0.39 is 5.97 Å². The number of carbonyl (C=O) groups excluding carboxylic acids is 2. The van der Waals surface area contributed by atoms with Gasteiger partial charge < -0.3 is 10.0 Å². The van der Waals surface area contributed by atoms with Gasteiger partial charge >= 0.3 is 12.0 Å². The van der Waals surface area contributed by atoms with Crippen molar-refractivity contribution in [2.75, 3.05) is 29.9 Å². The first-order valence-electron chi connectivity index (χ1n) is 9.58. The van der Waals surface area contributed by atoms with E-state index in [1.807, 2.05) is 18.2 Å². The molecule has 2 N–H and O–H groups in total. The highest BCUT2D eigenvalue weighted by molar-refractivity contribution is 7.19. The van der Waals surface area contributed by atoms with Crippen molar-refractivity contribution in [2.24, 2.45) is 0 Å². The number of halogens is 1. The van der Waals surface area contributed by atoms with Crippen molar-refractivity contribution in [3.63, 3.8) is 0 Å².